The van der Waals surface area contributed by atoms with E-state index in [4.69, 9.17) is 31.9 Å². The van der Waals surface area contributed by atoms with E-state index in [1.165, 1.54) is 72.8 Å². The molecule has 2 aliphatic carbocycles. The largest absolute Gasteiger partial charge is 0.495 e. The van der Waals surface area contributed by atoms with Gasteiger partial charge in [-0.25, -0.2) is 0 Å². The molecule has 266 valence electrons. The van der Waals surface area contributed by atoms with Crippen molar-refractivity contribution in [3.05, 3.63) is 58.7 Å². The first-order valence-corrected chi connectivity index (χ1v) is 19.1. The van der Waals surface area contributed by atoms with E-state index in [0.717, 1.165) is 56.1 Å². The molecule has 0 radical (unpaired) electrons. The van der Waals surface area contributed by atoms with Crippen LogP contribution in [0.15, 0.2) is 51.1 Å². The fourth-order valence-corrected chi connectivity index (χ4v) is 7.93. The monoisotopic (exact) mass is 724 g/mol. The van der Waals surface area contributed by atoms with Gasteiger partial charge in [-0.2, -0.15) is 0 Å². The number of ether oxygens (including phenoxy) is 5. The number of aryl methyl sites for hydroxylation is 3. The van der Waals surface area contributed by atoms with Gasteiger partial charge < -0.3 is 23.7 Å². The zero-order chi connectivity index (χ0) is 40.6. The second-order valence-corrected chi connectivity index (χ2v) is 14.9. The van der Waals surface area contributed by atoms with E-state index < -0.39 is 49.5 Å². The lowest BCUT2D eigenvalue weighted by Gasteiger charge is -2.22. The second kappa shape index (κ2) is 19.9. The number of methoxy groups -OCH3 is 5. The normalized spacial score (nSPS) is 20.8. The summed E-state index contributed by atoms with van der Waals surface area (Å²) in [6, 6.07) is 10.3. The molecule has 0 bridgehead atoms. The van der Waals surface area contributed by atoms with Gasteiger partial charge >= 0.3 is 0 Å². The van der Waals surface area contributed by atoms with Crippen LogP contribution in [-0.4, -0.2) is 65.3 Å². The van der Waals surface area contributed by atoms with E-state index in [1.807, 2.05) is 18.2 Å². The Morgan fingerprint density at radius 2 is 1.08 bits per heavy atom. The quantitative estimate of drug-likeness (QED) is 0.191. The molecule has 0 aromatic heterocycles. The molecule has 3 aromatic carbocycles. The maximum Gasteiger partial charge on any atom is 0.177 e. The van der Waals surface area contributed by atoms with Gasteiger partial charge in [-0.05, 0) is 98.4 Å². The first-order chi connectivity index (χ1) is 25.2. The van der Waals surface area contributed by atoms with Crippen LogP contribution >= 0.6 is 0 Å². The third-order valence-electron chi connectivity index (χ3n) is 8.08. The van der Waals surface area contributed by atoms with E-state index in [-0.39, 0.29) is 0 Å². The van der Waals surface area contributed by atoms with Gasteiger partial charge in [-0.1, -0.05) is 20.8 Å². The van der Waals surface area contributed by atoms with Crippen LogP contribution in [0.2, 0.25) is 0 Å². The standard InChI is InChI=1S/C14H20O3S.C13H18O2S.C10H14O3S/c1-4-18(15)12-9-10-7-5-6-8-11(10)13(16-2)14(12)17-3;1-3-16(14)13-9-11-7-5-4-6-10(11)8-12(13)15-2;1-4-14(11)8-5-6-9(12-2)10(7-8)13-3/h9H,4-8H2,1-3H3;8-9H,3-7H2,1-2H3;5-7H,4H2,1-3H3/i4+1DH;3DH;4DH/t4-,18?;3-,16?;4-,14?/m010/s1. The van der Waals surface area contributed by atoms with Crippen molar-refractivity contribution in [1.82, 2.24) is 0 Å². The molecule has 2 aliphatic rings. The van der Waals surface area contributed by atoms with E-state index in [9.17, 15) is 12.6 Å². The molecule has 11 heteroatoms. The minimum atomic E-state index is -1.82. The number of hydrogen-bond donors (Lipinski definition) is 0. The summed E-state index contributed by atoms with van der Waals surface area (Å²) >= 11 is 0. The molecule has 3 unspecified atom stereocenters. The number of benzene rings is 3. The van der Waals surface area contributed by atoms with Gasteiger partial charge in [0.2, 0.25) is 0 Å². The van der Waals surface area contributed by atoms with Gasteiger partial charge in [0.15, 0.2) is 23.0 Å². The molecule has 0 spiro atoms. The Morgan fingerprint density at radius 1 is 0.583 bits per heavy atom. The van der Waals surface area contributed by atoms with Crippen molar-refractivity contribution >= 4 is 32.4 Å². The summed E-state index contributed by atoms with van der Waals surface area (Å²) in [6.07, 6.45) is 8.34. The first-order valence-electron chi connectivity index (χ1n) is 18.7. The van der Waals surface area contributed by atoms with Crippen LogP contribution in [0.1, 0.15) is 76.9 Å². The van der Waals surface area contributed by atoms with Gasteiger partial charge in [0.25, 0.3) is 0 Å². The Morgan fingerprint density at radius 3 is 1.62 bits per heavy atom. The molecule has 0 amide bonds. The summed E-state index contributed by atoms with van der Waals surface area (Å²) in [6.45, 7) is 3.93. The van der Waals surface area contributed by atoms with Crippen molar-refractivity contribution in [2.45, 2.75) is 86.8 Å². The molecule has 0 N–H and O–H groups in total. The van der Waals surface area contributed by atoms with Crippen LogP contribution < -0.4 is 23.7 Å². The summed E-state index contributed by atoms with van der Waals surface area (Å²) < 4.78 is 108. The van der Waals surface area contributed by atoms with Crippen molar-refractivity contribution in [3.8, 4) is 28.7 Å². The Hall–Kier alpha value is -2.89. The van der Waals surface area contributed by atoms with Crippen molar-refractivity contribution in [3.63, 3.8) is 0 Å². The summed E-state index contributed by atoms with van der Waals surface area (Å²) in [5.74, 6) is 2.52. The van der Waals surface area contributed by atoms with E-state index >= 15 is 0 Å². The molecule has 5 rings (SSSR count). The van der Waals surface area contributed by atoms with Gasteiger partial charge in [-0.15, -0.1) is 0 Å². The van der Waals surface area contributed by atoms with Gasteiger partial charge in [0.1, 0.15) is 5.75 Å². The topological polar surface area (TPSA) is 97.4 Å². The smallest absolute Gasteiger partial charge is 0.177 e. The summed E-state index contributed by atoms with van der Waals surface area (Å²) in [7, 11) is 2.37. The minimum Gasteiger partial charge on any atom is -0.495 e. The van der Waals surface area contributed by atoms with Crippen molar-refractivity contribution < 1.29 is 44.5 Å². The predicted octanol–water partition coefficient (Wildman–Crippen LogP) is 7.24. The molecule has 48 heavy (non-hydrogen) atoms. The molecule has 0 heterocycles. The van der Waals surface area contributed by atoms with Gasteiger partial charge in [0, 0.05) is 41.9 Å². The summed E-state index contributed by atoms with van der Waals surface area (Å²) in [4.78, 5) is 1.24. The highest BCUT2D eigenvalue weighted by atomic mass is 32.2. The average Bonchev–Trinajstić information content (AvgIpc) is 3.14. The fraction of sp³-hybridized carbons (Fsp3) is 0.514. The molecule has 8 nitrogen and oxygen atoms in total. The lowest BCUT2D eigenvalue weighted by molar-refractivity contribution is 0.342. The van der Waals surface area contributed by atoms with Crippen molar-refractivity contribution in [1.29, 1.82) is 0 Å². The fourth-order valence-electron chi connectivity index (χ4n) is 5.68. The lowest BCUT2D eigenvalue weighted by Crippen LogP contribution is -2.09. The molecule has 0 aliphatic heterocycles. The summed E-state index contributed by atoms with van der Waals surface area (Å²) in [5.41, 5.74) is -0.712. The van der Waals surface area contributed by atoms with Crippen LogP contribution in [-0.2, 0) is 58.1 Å². The number of fused-ring (bicyclic) bond motifs is 2. The number of rotatable bonds is 11. The van der Waals surface area contributed by atoms with Crippen LogP contribution in [0.5, 0.6) is 28.7 Å². The highest BCUT2D eigenvalue weighted by molar-refractivity contribution is 7.85. The lowest BCUT2D eigenvalue weighted by atomic mass is 9.90. The highest BCUT2D eigenvalue weighted by Gasteiger charge is 2.24. The van der Waals surface area contributed by atoms with E-state index in [2.05, 4.69) is 0 Å². The van der Waals surface area contributed by atoms with E-state index in [1.54, 1.807) is 19.2 Å². The maximum absolute atomic E-state index is 12.4. The molecule has 3 aromatic rings. The third kappa shape index (κ3) is 9.85. The highest BCUT2D eigenvalue weighted by Crippen LogP contribution is 2.42. The maximum atomic E-state index is 12.4. The number of hydrogen-bond acceptors (Lipinski definition) is 8. The second-order valence-electron chi connectivity index (χ2n) is 10.7. The molecular formula is C37H52O8S3. The van der Waals surface area contributed by atoms with Gasteiger partial charge in [-0.3, -0.25) is 12.6 Å². The molecule has 0 saturated heterocycles. The van der Waals surface area contributed by atoms with Crippen LogP contribution in [0.4, 0.5) is 0 Å². The zero-order valence-electron chi connectivity index (χ0n) is 35.1. The van der Waals surface area contributed by atoms with Crippen molar-refractivity contribution in [2.24, 2.45) is 0 Å². The Kier molecular flexibility index (Phi) is 12.9. The molecule has 6 atom stereocenters. The third-order valence-corrected chi connectivity index (χ3v) is 11.3. The van der Waals surface area contributed by atoms with Crippen LogP contribution in [0.3, 0.4) is 0 Å². The average molecular weight is 725 g/mol. The van der Waals surface area contributed by atoms with Crippen LogP contribution in [0, 0.1) is 0 Å². The molecule has 0 fully saturated rings. The van der Waals surface area contributed by atoms with Gasteiger partial charge in [0.05, 0.1) is 77.7 Å². The van der Waals surface area contributed by atoms with Crippen molar-refractivity contribution in [2.75, 3.05) is 52.7 Å². The summed E-state index contributed by atoms with van der Waals surface area (Å²) in [5, 5.41) is 0. The Balaban J connectivity index is 0.000000219. The molecular weight excluding hydrogens is 670 g/mol. The zero-order valence-corrected chi connectivity index (χ0v) is 31.6. The van der Waals surface area contributed by atoms with Crippen LogP contribution in [0.25, 0.3) is 0 Å². The Labute approximate surface area is 303 Å². The first kappa shape index (κ1) is 31.1. The van der Waals surface area contributed by atoms with E-state index in [0.29, 0.717) is 43.4 Å². The minimum absolute atomic E-state index is 0.380. The predicted molar refractivity (Wildman–Crippen MR) is 196 cm³/mol. The Bertz CT molecular complexity index is 1840. The SMILES string of the molecule is [1H][13C@]([2H])(C)S(=O)c1cc2c(c(OC)c1OC)CCCC2.[1H][C@@]([2H])(C)S(=O)c1cc2c(cc1OC)CCCC2.[1H][C@]([2H])(C)S(=O)c1ccc(OC)c(OC)c1. The molecule has 0 saturated carbocycles.